The number of hydrogen-bond acceptors (Lipinski definition) is 3. The molecule has 0 bridgehead atoms. The Hall–Kier alpha value is -3.87. The largest absolute Gasteiger partial charge is 0.430 e. The molecule has 200 valence electrons. The van der Waals surface area contributed by atoms with Gasteiger partial charge in [0.25, 0.3) is 11.2 Å². The van der Waals surface area contributed by atoms with E-state index in [1.807, 2.05) is 0 Å². The van der Waals surface area contributed by atoms with Gasteiger partial charge in [-0.1, -0.05) is 42.5 Å². The molecule has 0 saturated heterocycles. The van der Waals surface area contributed by atoms with Crippen LogP contribution in [0, 0.1) is 0 Å². The topological polar surface area (TPSA) is 55.1 Å². The first-order valence-electron chi connectivity index (χ1n) is 10.7. The normalized spacial score (nSPS) is 13.2. The van der Waals surface area contributed by atoms with Gasteiger partial charge in [-0.2, -0.15) is 39.5 Å². The van der Waals surface area contributed by atoms with Gasteiger partial charge in [0.2, 0.25) is 0 Å². The predicted molar refractivity (Wildman–Crippen MR) is 118 cm³/mol. The maximum atomic E-state index is 13.3. The van der Waals surface area contributed by atoms with Gasteiger partial charge in [0.1, 0.15) is 5.82 Å². The molecule has 13 heteroatoms. The fourth-order valence-corrected chi connectivity index (χ4v) is 3.94. The minimum absolute atomic E-state index is 0.0476. The molecule has 3 aromatic carbocycles. The van der Waals surface area contributed by atoms with Crippen molar-refractivity contribution in [3.63, 3.8) is 0 Å². The predicted octanol–water partition coefficient (Wildman–Crippen LogP) is 6.31. The third-order valence-corrected chi connectivity index (χ3v) is 5.83. The molecule has 0 aliphatic rings. The second kappa shape index (κ2) is 9.15. The van der Waals surface area contributed by atoms with Gasteiger partial charge < -0.3 is 5.11 Å². The molecule has 1 N–H and O–H groups in total. The lowest BCUT2D eigenvalue weighted by molar-refractivity contribution is -0.376. The summed E-state index contributed by atoms with van der Waals surface area (Å²) in [5.41, 5.74) is -8.38. The summed E-state index contributed by atoms with van der Waals surface area (Å²) in [6, 6.07) is 12.3. The Kier molecular flexibility index (Phi) is 6.54. The highest BCUT2D eigenvalue weighted by Gasteiger charge is 2.71. The maximum absolute atomic E-state index is 13.3. The summed E-state index contributed by atoms with van der Waals surface area (Å²) in [7, 11) is 0. The van der Waals surface area contributed by atoms with Gasteiger partial charge in [-0.25, -0.2) is 4.98 Å². The highest BCUT2D eigenvalue weighted by molar-refractivity contribution is 5.77. The average molecular weight is 546 g/mol. The Morgan fingerprint density at radius 2 is 1.34 bits per heavy atom. The van der Waals surface area contributed by atoms with E-state index >= 15 is 0 Å². The van der Waals surface area contributed by atoms with E-state index in [2.05, 4.69) is 4.98 Å². The van der Waals surface area contributed by atoms with Gasteiger partial charge in [-0.15, -0.1) is 0 Å². The third kappa shape index (κ3) is 4.73. The number of alkyl halides is 9. The van der Waals surface area contributed by atoms with Crippen LogP contribution in [-0.2, 0) is 18.2 Å². The van der Waals surface area contributed by atoms with E-state index in [4.69, 9.17) is 0 Å². The second-order valence-corrected chi connectivity index (χ2v) is 8.31. The lowest BCUT2D eigenvalue weighted by Crippen LogP contribution is -2.53. The van der Waals surface area contributed by atoms with Crippen molar-refractivity contribution in [1.82, 2.24) is 9.55 Å². The van der Waals surface area contributed by atoms with Gasteiger partial charge in [-0.05, 0) is 35.9 Å². The van der Waals surface area contributed by atoms with Crippen molar-refractivity contribution in [3.8, 4) is 5.69 Å². The van der Waals surface area contributed by atoms with Crippen LogP contribution >= 0.6 is 0 Å². The molecule has 0 fully saturated rings. The van der Waals surface area contributed by atoms with Crippen molar-refractivity contribution in [2.24, 2.45) is 0 Å². The quantitative estimate of drug-likeness (QED) is 0.306. The molecule has 0 aliphatic carbocycles. The number of benzene rings is 3. The zero-order valence-corrected chi connectivity index (χ0v) is 18.8. The number of para-hydroxylation sites is 1. The van der Waals surface area contributed by atoms with Crippen molar-refractivity contribution in [2.45, 2.75) is 30.6 Å². The molecular weight excluding hydrogens is 531 g/mol. The molecule has 1 heterocycles. The lowest BCUT2D eigenvalue weighted by atomic mass is 9.92. The van der Waals surface area contributed by atoms with E-state index < -0.39 is 40.8 Å². The second-order valence-electron chi connectivity index (χ2n) is 8.31. The molecule has 4 aromatic rings. The summed E-state index contributed by atoms with van der Waals surface area (Å²) in [6.07, 6.45) is -17.2. The molecule has 0 spiro atoms. The zero-order valence-electron chi connectivity index (χ0n) is 18.8. The molecular formula is C25H15F9N2O2. The first-order chi connectivity index (χ1) is 17.5. The first kappa shape index (κ1) is 27.2. The van der Waals surface area contributed by atoms with Gasteiger partial charge >= 0.3 is 18.5 Å². The van der Waals surface area contributed by atoms with Crippen molar-refractivity contribution in [1.29, 1.82) is 0 Å². The number of aromatic nitrogens is 2. The van der Waals surface area contributed by atoms with Crippen molar-refractivity contribution < 1.29 is 44.6 Å². The van der Waals surface area contributed by atoms with E-state index in [-0.39, 0.29) is 34.4 Å². The van der Waals surface area contributed by atoms with Gasteiger partial charge in [0.15, 0.2) is 0 Å². The Morgan fingerprint density at radius 1 is 0.737 bits per heavy atom. The Bertz CT molecular complexity index is 1520. The van der Waals surface area contributed by atoms with Crippen LogP contribution in [0.15, 0.2) is 77.6 Å². The molecule has 38 heavy (non-hydrogen) atoms. The van der Waals surface area contributed by atoms with E-state index in [1.165, 1.54) is 24.3 Å². The summed E-state index contributed by atoms with van der Waals surface area (Å²) in [5, 5.41) is 9.68. The lowest BCUT2D eigenvalue weighted by Gasteiger charge is -2.32. The SMILES string of the molecule is O=c1c2ccccc2nc(Cc2cccc(C(F)(F)F)c2)n1-c1ccc(C(O)(C(F)(F)F)C(F)(F)F)cc1. The van der Waals surface area contributed by atoms with Crippen LogP contribution in [0.1, 0.15) is 22.5 Å². The fourth-order valence-electron chi connectivity index (χ4n) is 3.94. The van der Waals surface area contributed by atoms with Crippen LogP contribution in [-0.4, -0.2) is 27.0 Å². The van der Waals surface area contributed by atoms with Crippen LogP contribution < -0.4 is 5.56 Å². The molecule has 0 unspecified atom stereocenters. The molecule has 4 rings (SSSR count). The molecule has 0 amide bonds. The van der Waals surface area contributed by atoms with Crippen LogP contribution in [0.5, 0.6) is 0 Å². The van der Waals surface area contributed by atoms with E-state index in [0.29, 0.717) is 12.1 Å². The van der Waals surface area contributed by atoms with Crippen LogP contribution in [0.2, 0.25) is 0 Å². The number of fused-ring (bicyclic) bond motifs is 1. The Balaban J connectivity index is 1.88. The smallest absolute Gasteiger partial charge is 0.369 e. The van der Waals surface area contributed by atoms with Crippen LogP contribution in [0.3, 0.4) is 0 Å². The number of halogens is 9. The first-order valence-corrected chi connectivity index (χ1v) is 10.7. The highest BCUT2D eigenvalue weighted by atomic mass is 19.4. The van der Waals surface area contributed by atoms with Crippen LogP contribution in [0.4, 0.5) is 39.5 Å². The average Bonchev–Trinajstić information content (AvgIpc) is 2.82. The number of nitrogens with zero attached hydrogens (tertiary/aromatic N) is 2. The molecule has 0 saturated carbocycles. The minimum atomic E-state index is -6.11. The summed E-state index contributed by atoms with van der Waals surface area (Å²) in [5.74, 6) is -0.123. The number of hydrogen-bond donors (Lipinski definition) is 1. The standard InChI is InChI=1S/C25H15F9N2O2/c26-23(27,28)16-5-3-4-14(12-16)13-20-35-19-7-2-1-6-18(19)21(37)36(20)17-10-8-15(9-11-17)22(38,24(29,30)31)25(32,33)34/h1-12,38H,13H2. The summed E-state index contributed by atoms with van der Waals surface area (Å²) < 4.78 is 120. The van der Waals surface area contributed by atoms with Crippen molar-refractivity contribution in [3.05, 3.63) is 106 Å². The third-order valence-electron chi connectivity index (χ3n) is 5.83. The monoisotopic (exact) mass is 546 g/mol. The highest BCUT2D eigenvalue weighted by Crippen LogP contribution is 2.50. The van der Waals surface area contributed by atoms with E-state index in [1.54, 1.807) is 6.07 Å². The van der Waals surface area contributed by atoms with Crippen molar-refractivity contribution in [2.75, 3.05) is 0 Å². The number of aliphatic hydroxyl groups is 1. The summed E-state index contributed by atoms with van der Waals surface area (Å²) >= 11 is 0. The molecule has 0 atom stereocenters. The summed E-state index contributed by atoms with van der Waals surface area (Å²) in [4.78, 5) is 17.6. The van der Waals surface area contributed by atoms with Gasteiger partial charge in [0.05, 0.1) is 22.2 Å². The molecule has 4 nitrogen and oxygen atoms in total. The Labute approximate surface area is 207 Å². The van der Waals surface area contributed by atoms with Crippen molar-refractivity contribution >= 4 is 10.9 Å². The zero-order chi connectivity index (χ0) is 28.1. The Morgan fingerprint density at radius 3 is 1.92 bits per heavy atom. The van der Waals surface area contributed by atoms with E-state index in [9.17, 15) is 49.4 Å². The minimum Gasteiger partial charge on any atom is -0.369 e. The van der Waals surface area contributed by atoms with E-state index in [0.717, 1.165) is 34.9 Å². The molecule has 1 aromatic heterocycles. The number of rotatable bonds is 4. The van der Waals surface area contributed by atoms with Gasteiger partial charge in [0, 0.05) is 12.0 Å². The van der Waals surface area contributed by atoms with Crippen LogP contribution in [0.25, 0.3) is 16.6 Å². The fraction of sp³-hybridized carbons (Fsp3) is 0.200. The molecule has 0 aliphatic heterocycles. The molecule has 0 radical (unpaired) electrons. The summed E-state index contributed by atoms with van der Waals surface area (Å²) in [6.45, 7) is 0. The maximum Gasteiger partial charge on any atom is 0.430 e. The van der Waals surface area contributed by atoms with Gasteiger partial charge in [-0.3, -0.25) is 9.36 Å².